The fourth-order valence-electron chi connectivity index (χ4n) is 1.95. The number of halogens is 1. The predicted molar refractivity (Wildman–Crippen MR) is 87.5 cm³/mol. The van der Waals surface area contributed by atoms with Crippen molar-refractivity contribution in [2.75, 3.05) is 5.32 Å². The largest absolute Gasteiger partial charge is 0.320 e. The molecule has 4 nitrogen and oxygen atoms in total. The molecule has 1 atom stereocenters. The third kappa shape index (κ3) is 3.90. The van der Waals surface area contributed by atoms with Crippen molar-refractivity contribution in [3.05, 3.63) is 46.2 Å². The van der Waals surface area contributed by atoms with Crippen molar-refractivity contribution in [3.8, 4) is 0 Å². The minimum absolute atomic E-state index is 0.0546. The van der Waals surface area contributed by atoms with E-state index < -0.39 is 6.04 Å². The van der Waals surface area contributed by atoms with Crippen LogP contribution in [0.1, 0.15) is 30.0 Å². The van der Waals surface area contributed by atoms with Crippen LogP contribution < -0.4 is 11.1 Å². The van der Waals surface area contributed by atoms with E-state index in [4.69, 9.17) is 5.73 Å². The molecule has 0 spiro atoms. The SMILES string of the molecule is Cc1nc(NC(=O)[C@@H](N)C(C)C)sc1Cc1ccccc1F. The smallest absolute Gasteiger partial charge is 0.243 e. The van der Waals surface area contributed by atoms with Crippen LogP contribution in [0.4, 0.5) is 9.52 Å². The van der Waals surface area contributed by atoms with Gasteiger partial charge in [0, 0.05) is 11.3 Å². The number of aromatic nitrogens is 1. The normalized spacial score (nSPS) is 12.5. The molecule has 118 valence electrons. The molecule has 2 aromatic rings. The summed E-state index contributed by atoms with van der Waals surface area (Å²) in [6.45, 7) is 5.63. The van der Waals surface area contributed by atoms with Crippen molar-refractivity contribution in [2.24, 2.45) is 11.7 Å². The number of nitrogens with zero attached hydrogens (tertiary/aromatic N) is 1. The van der Waals surface area contributed by atoms with Gasteiger partial charge in [-0.25, -0.2) is 9.37 Å². The van der Waals surface area contributed by atoms with Crippen LogP contribution >= 0.6 is 11.3 Å². The third-order valence-electron chi connectivity index (χ3n) is 3.45. The lowest BCUT2D eigenvalue weighted by molar-refractivity contribution is -0.118. The van der Waals surface area contributed by atoms with E-state index in [-0.39, 0.29) is 17.6 Å². The first-order chi connectivity index (χ1) is 10.4. The number of hydrogen-bond donors (Lipinski definition) is 2. The fourth-order valence-corrected chi connectivity index (χ4v) is 2.94. The topological polar surface area (TPSA) is 68.0 Å². The number of thiazole rings is 1. The zero-order chi connectivity index (χ0) is 16.3. The van der Waals surface area contributed by atoms with Crippen LogP contribution in [0.25, 0.3) is 0 Å². The zero-order valence-corrected chi connectivity index (χ0v) is 13.7. The van der Waals surface area contributed by atoms with Gasteiger partial charge in [0.1, 0.15) is 5.82 Å². The number of nitrogens with two attached hydrogens (primary N) is 1. The number of rotatable bonds is 5. The number of anilines is 1. The molecule has 0 unspecified atom stereocenters. The lowest BCUT2D eigenvalue weighted by Gasteiger charge is -2.13. The molecule has 6 heteroatoms. The van der Waals surface area contributed by atoms with Gasteiger partial charge in [-0.15, -0.1) is 11.3 Å². The Balaban J connectivity index is 2.12. The van der Waals surface area contributed by atoms with Crippen molar-refractivity contribution >= 4 is 22.4 Å². The maximum Gasteiger partial charge on any atom is 0.243 e. The van der Waals surface area contributed by atoms with Gasteiger partial charge >= 0.3 is 0 Å². The molecule has 0 saturated heterocycles. The van der Waals surface area contributed by atoms with Gasteiger partial charge < -0.3 is 11.1 Å². The van der Waals surface area contributed by atoms with Crippen LogP contribution in [0, 0.1) is 18.7 Å². The molecule has 22 heavy (non-hydrogen) atoms. The number of carbonyl (C=O) groups excluding carboxylic acids is 1. The van der Waals surface area contributed by atoms with E-state index in [1.807, 2.05) is 20.8 Å². The molecule has 0 aliphatic carbocycles. The molecule has 0 aliphatic heterocycles. The molecular formula is C16H20FN3OS. The van der Waals surface area contributed by atoms with Gasteiger partial charge in [-0.2, -0.15) is 0 Å². The molecule has 0 bridgehead atoms. The Morgan fingerprint density at radius 3 is 2.73 bits per heavy atom. The lowest BCUT2D eigenvalue weighted by Crippen LogP contribution is -2.39. The van der Waals surface area contributed by atoms with E-state index >= 15 is 0 Å². The number of carbonyl (C=O) groups is 1. The highest BCUT2D eigenvalue weighted by Gasteiger charge is 2.19. The molecular weight excluding hydrogens is 301 g/mol. The molecule has 1 aromatic heterocycles. The van der Waals surface area contributed by atoms with Gasteiger partial charge in [-0.1, -0.05) is 32.0 Å². The van der Waals surface area contributed by atoms with Gasteiger partial charge in [-0.05, 0) is 24.5 Å². The molecule has 0 radical (unpaired) electrons. The maximum absolute atomic E-state index is 13.7. The quantitative estimate of drug-likeness (QED) is 0.889. The summed E-state index contributed by atoms with van der Waals surface area (Å²) < 4.78 is 13.7. The van der Waals surface area contributed by atoms with E-state index in [1.54, 1.807) is 18.2 Å². The minimum Gasteiger partial charge on any atom is -0.320 e. The second-order valence-corrected chi connectivity index (χ2v) is 6.64. The monoisotopic (exact) mass is 321 g/mol. The second kappa shape index (κ2) is 6.98. The van der Waals surface area contributed by atoms with E-state index in [2.05, 4.69) is 10.3 Å². The van der Waals surface area contributed by atoms with Crippen LogP contribution in [-0.4, -0.2) is 16.9 Å². The average Bonchev–Trinajstić information content (AvgIpc) is 2.80. The van der Waals surface area contributed by atoms with E-state index in [9.17, 15) is 9.18 Å². The number of aryl methyl sites for hydroxylation is 1. The summed E-state index contributed by atoms with van der Waals surface area (Å²) in [5.41, 5.74) is 7.22. The Morgan fingerprint density at radius 1 is 1.41 bits per heavy atom. The molecule has 3 N–H and O–H groups in total. The van der Waals surface area contributed by atoms with Gasteiger partial charge in [0.2, 0.25) is 5.91 Å². The first kappa shape index (κ1) is 16.6. The Morgan fingerprint density at radius 2 is 2.09 bits per heavy atom. The maximum atomic E-state index is 13.7. The molecule has 1 heterocycles. The number of hydrogen-bond acceptors (Lipinski definition) is 4. The summed E-state index contributed by atoms with van der Waals surface area (Å²) in [5, 5.41) is 3.24. The first-order valence-electron chi connectivity index (χ1n) is 7.14. The van der Waals surface area contributed by atoms with Crippen LogP contribution in [0.5, 0.6) is 0 Å². The van der Waals surface area contributed by atoms with Crippen molar-refractivity contribution in [3.63, 3.8) is 0 Å². The van der Waals surface area contributed by atoms with Crippen LogP contribution in [0.3, 0.4) is 0 Å². The summed E-state index contributed by atoms with van der Waals surface area (Å²) in [6.07, 6.45) is 0.461. The number of benzene rings is 1. The minimum atomic E-state index is -0.570. The Bertz CT molecular complexity index is 669. The highest BCUT2D eigenvalue weighted by Crippen LogP contribution is 2.26. The summed E-state index contributed by atoms with van der Waals surface area (Å²) in [6, 6.07) is 6.09. The van der Waals surface area contributed by atoms with Crippen LogP contribution in [0.15, 0.2) is 24.3 Å². The Kier molecular flexibility index (Phi) is 5.26. The second-order valence-electron chi connectivity index (χ2n) is 5.55. The van der Waals surface area contributed by atoms with Crippen molar-refractivity contribution in [1.82, 2.24) is 4.98 Å². The van der Waals surface area contributed by atoms with Crippen molar-refractivity contribution in [1.29, 1.82) is 0 Å². The molecule has 1 aromatic carbocycles. The standard InChI is InChI=1S/C16H20FN3OS/c1-9(2)14(18)15(21)20-16-19-10(3)13(22-16)8-11-6-4-5-7-12(11)17/h4-7,9,14H,8,18H2,1-3H3,(H,19,20,21)/t14-/m0/s1. The third-order valence-corrected chi connectivity index (χ3v) is 4.53. The van der Waals surface area contributed by atoms with Gasteiger partial charge in [0.25, 0.3) is 0 Å². The van der Waals surface area contributed by atoms with Crippen molar-refractivity contribution in [2.45, 2.75) is 33.2 Å². The summed E-state index contributed by atoms with van der Waals surface area (Å²) >= 11 is 1.36. The van der Waals surface area contributed by atoms with Gasteiger partial charge in [0.05, 0.1) is 11.7 Å². The van der Waals surface area contributed by atoms with Gasteiger partial charge in [-0.3, -0.25) is 4.79 Å². The number of amides is 1. The first-order valence-corrected chi connectivity index (χ1v) is 7.96. The summed E-state index contributed by atoms with van der Waals surface area (Å²) in [7, 11) is 0. The van der Waals surface area contributed by atoms with Crippen LogP contribution in [-0.2, 0) is 11.2 Å². The van der Waals surface area contributed by atoms with E-state index in [0.717, 1.165) is 10.6 Å². The average molecular weight is 321 g/mol. The fraction of sp³-hybridized carbons (Fsp3) is 0.375. The lowest BCUT2D eigenvalue weighted by atomic mass is 10.1. The van der Waals surface area contributed by atoms with Gasteiger partial charge in [0.15, 0.2) is 5.13 Å². The molecule has 0 fully saturated rings. The molecule has 0 saturated carbocycles. The Hall–Kier alpha value is -1.79. The molecule has 0 aliphatic rings. The zero-order valence-electron chi connectivity index (χ0n) is 12.9. The predicted octanol–water partition coefficient (Wildman–Crippen LogP) is 3.10. The molecule has 1 amide bonds. The summed E-state index contributed by atoms with van der Waals surface area (Å²) in [5.74, 6) is -0.428. The highest BCUT2D eigenvalue weighted by atomic mass is 32.1. The van der Waals surface area contributed by atoms with E-state index in [0.29, 0.717) is 17.1 Å². The van der Waals surface area contributed by atoms with E-state index in [1.165, 1.54) is 17.4 Å². The summed E-state index contributed by atoms with van der Waals surface area (Å²) in [4.78, 5) is 17.2. The highest BCUT2D eigenvalue weighted by molar-refractivity contribution is 7.15. The molecule has 2 rings (SSSR count). The van der Waals surface area contributed by atoms with Crippen LogP contribution in [0.2, 0.25) is 0 Å². The number of nitrogens with one attached hydrogen (secondary N) is 1. The van der Waals surface area contributed by atoms with Crippen molar-refractivity contribution < 1.29 is 9.18 Å². The Labute approximate surface area is 133 Å².